The minimum absolute atomic E-state index is 0.141. The van der Waals surface area contributed by atoms with Gasteiger partial charge in [0.15, 0.2) is 5.78 Å². The van der Waals surface area contributed by atoms with Crippen LogP contribution < -0.4 is 4.90 Å². The monoisotopic (exact) mass is 514 g/mol. The van der Waals surface area contributed by atoms with Crippen LogP contribution in [0.4, 0.5) is 11.4 Å². The van der Waals surface area contributed by atoms with Gasteiger partial charge < -0.3 is 0 Å². The Hall–Kier alpha value is -4.37. The first-order valence-electron chi connectivity index (χ1n) is 11.6. The number of carbonyl (C=O) groups is 3. The van der Waals surface area contributed by atoms with Crippen LogP contribution in [-0.2, 0) is 9.59 Å². The Morgan fingerprint density at radius 2 is 1.70 bits per heavy atom. The van der Waals surface area contributed by atoms with Crippen molar-refractivity contribution in [2.45, 2.75) is 19.0 Å². The number of nitro benzene ring substituents is 1. The molecule has 6 rings (SSSR count). The predicted molar refractivity (Wildman–Crippen MR) is 135 cm³/mol. The number of carbonyl (C=O) groups excluding carboxylic acids is 3. The number of hydrazone groups is 1. The van der Waals surface area contributed by atoms with Gasteiger partial charge in [0.1, 0.15) is 6.04 Å². The lowest BCUT2D eigenvalue weighted by Gasteiger charge is -2.34. The van der Waals surface area contributed by atoms with Crippen LogP contribution >= 0.6 is 11.6 Å². The molecule has 3 aliphatic heterocycles. The third-order valence-electron chi connectivity index (χ3n) is 7.32. The van der Waals surface area contributed by atoms with Gasteiger partial charge in [0.25, 0.3) is 5.69 Å². The van der Waals surface area contributed by atoms with Crippen LogP contribution in [-0.4, -0.2) is 39.8 Å². The van der Waals surface area contributed by atoms with Crippen molar-refractivity contribution < 1.29 is 19.3 Å². The number of rotatable bonds is 4. The lowest BCUT2D eigenvalue weighted by molar-refractivity contribution is -0.384. The fourth-order valence-electron chi connectivity index (χ4n) is 5.69. The van der Waals surface area contributed by atoms with E-state index >= 15 is 0 Å². The molecule has 10 heteroatoms. The van der Waals surface area contributed by atoms with Gasteiger partial charge in [-0.25, -0.2) is 4.90 Å². The Kier molecular flexibility index (Phi) is 5.20. The van der Waals surface area contributed by atoms with Crippen LogP contribution in [0.3, 0.4) is 0 Å². The molecule has 37 heavy (non-hydrogen) atoms. The summed E-state index contributed by atoms with van der Waals surface area (Å²) < 4.78 is 0. The van der Waals surface area contributed by atoms with Gasteiger partial charge >= 0.3 is 0 Å². The number of non-ortho nitro benzene ring substituents is 1. The molecule has 1 unspecified atom stereocenters. The van der Waals surface area contributed by atoms with E-state index in [1.165, 1.54) is 18.2 Å². The first-order valence-corrected chi connectivity index (χ1v) is 12.0. The van der Waals surface area contributed by atoms with E-state index in [1.807, 2.05) is 24.3 Å². The second-order valence-corrected chi connectivity index (χ2v) is 9.74. The predicted octanol–water partition coefficient (Wildman–Crippen LogP) is 4.32. The van der Waals surface area contributed by atoms with Crippen molar-refractivity contribution in [3.05, 3.63) is 104 Å². The Labute approximate surface area is 216 Å². The second-order valence-electron chi connectivity index (χ2n) is 9.31. The van der Waals surface area contributed by atoms with Crippen molar-refractivity contribution in [2.75, 3.05) is 4.90 Å². The zero-order valence-corrected chi connectivity index (χ0v) is 20.2. The summed E-state index contributed by atoms with van der Waals surface area (Å²) in [5.41, 5.74) is 2.52. The molecule has 0 spiro atoms. The topological polar surface area (TPSA) is 113 Å². The standard InChI is InChI=1S/C27H19ClN4O5/c1-14-12-18(32(36)37)10-11-20(14)30-26(34)21-22(27(30)35)24(25(33)15-6-8-17(28)9-7-15)31-23(21)19-5-3-2-4-16(19)13-29-31/h2-13,21-24H,1H3/t21-,22+,23?,24-/m1/s1. The number of imide groups is 1. The van der Waals surface area contributed by atoms with E-state index in [2.05, 4.69) is 5.10 Å². The van der Waals surface area contributed by atoms with E-state index in [-0.39, 0.29) is 17.2 Å². The average Bonchev–Trinajstić information content (AvgIpc) is 3.36. The first-order chi connectivity index (χ1) is 17.8. The van der Waals surface area contributed by atoms with Gasteiger partial charge in [0.05, 0.1) is 34.7 Å². The Morgan fingerprint density at radius 1 is 1.00 bits per heavy atom. The van der Waals surface area contributed by atoms with Crippen molar-refractivity contribution in [1.29, 1.82) is 0 Å². The summed E-state index contributed by atoms with van der Waals surface area (Å²) in [6, 6.07) is 16.2. The SMILES string of the molecule is Cc1cc([N+](=O)[O-])ccc1N1C(=O)[C@H]2[C@@H](C1=O)C1c3ccccc3C=NN1[C@H]2C(=O)c1ccc(Cl)cc1. The molecule has 184 valence electrons. The number of Topliss-reactive ketones (excluding diaryl/α,β-unsaturated/α-hetero) is 1. The van der Waals surface area contributed by atoms with Crippen molar-refractivity contribution in [1.82, 2.24) is 5.01 Å². The maximum absolute atomic E-state index is 13.9. The molecule has 4 atom stereocenters. The second kappa shape index (κ2) is 8.35. The molecule has 0 bridgehead atoms. The minimum Gasteiger partial charge on any atom is -0.292 e. The van der Waals surface area contributed by atoms with Crippen molar-refractivity contribution in [2.24, 2.45) is 16.9 Å². The maximum atomic E-state index is 13.9. The van der Waals surface area contributed by atoms with Gasteiger partial charge in [-0.05, 0) is 53.9 Å². The van der Waals surface area contributed by atoms with Crippen LogP contribution in [0.1, 0.15) is 33.1 Å². The Morgan fingerprint density at radius 3 is 2.41 bits per heavy atom. The highest BCUT2D eigenvalue weighted by atomic mass is 35.5. The largest absolute Gasteiger partial charge is 0.292 e. The Bertz CT molecular complexity index is 1540. The summed E-state index contributed by atoms with van der Waals surface area (Å²) in [4.78, 5) is 53.5. The summed E-state index contributed by atoms with van der Waals surface area (Å²) in [5.74, 6) is -3.17. The fraction of sp³-hybridized carbons (Fsp3) is 0.185. The molecule has 0 N–H and O–H groups in total. The van der Waals surface area contributed by atoms with Crippen LogP contribution in [0.5, 0.6) is 0 Å². The summed E-state index contributed by atoms with van der Waals surface area (Å²) in [5, 5.41) is 17.8. The molecule has 2 saturated heterocycles. The number of amides is 2. The minimum atomic E-state index is -1.01. The molecule has 0 aliphatic carbocycles. The number of fused-ring (bicyclic) bond motifs is 5. The van der Waals surface area contributed by atoms with Crippen LogP contribution in [0.15, 0.2) is 71.8 Å². The van der Waals surface area contributed by atoms with Gasteiger partial charge in [-0.15, -0.1) is 0 Å². The van der Waals surface area contributed by atoms with Gasteiger partial charge in [-0.3, -0.25) is 29.5 Å². The van der Waals surface area contributed by atoms with Crippen LogP contribution in [0.25, 0.3) is 0 Å². The molecule has 0 aromatic heterocycles. The van der Waals surface area contributed by atoms with E-state index < -0.39 is 40.7 Å². The summed E-state index contributed by atoms with van der Waals surface area (Å²) >= 11 is 6.01. The van der Waals surface area contributed by atoms with Gasteiger partial charge in [-0.1, -0.05) is 35.9 Å². The number of nitrogens with zero attached hydrogens (tertiary/aromatic N) is 4. The highest BCUT2D eigenvalue weighted by Gasteiger charge is 2.65. The summed E-state index contributed by atoms with van der Waals surface area (Å²) in [6.07, 6.45) is 1.64. The highest BCUT2D eigenvalue weighted by molar-refractivity contribution is 6.30. The summed E-state index contributed by atoms with van der Waals surface area (Å²) in [7, 11) is 0. The lowest BCUT2D eigenvalue weighted by atomic mass is 9.83. The van der Waals surface area contributed by atoms with E-state index in [9.17, 15) is 24.5 Å². The fourth-order valence-corrected chi connectivity index (χ4v) is 5.82. The molecule has 3 aromatic rings. The third kappa shape index (κ3) is 3.38. The van der Waals surface area contributed by atoms with E-state index in [4.69, 9.17) is 11.6 Å². The number of hydrogen-bond acceptors (Lipinski definition) is 7. The maximum Gasteiger partial charge on any atom is 0.269 e. The molecule has 2 fully saturated rings. The number of nitro groups is 1. The van der Waals surface area contributed by atoms with Crippen molar-refractivity contribution in [3.8, 4) is 0 Å². The first kappa shape index (κ1) is 23.1. The van der Waals surface area contributed by atoms with Crippen molar-refractivity contribution >= 4 is 46.8 Å². The molecule has 2 amide bonds. The zero-order chi connectivity index (χ0) is 26.0. The molecular weight excluding hydrogens is 496 g/mol. The van der Waals surface area contributed by atoms with E-state index in [1.54, 1.807) is 42.4 Å². The van der Waals surface area contributed by atoms with Crippen molar-refractivity contribution in [3.63, 3.8) is 0 Å². The summed E-state index contributed by atoms with van der Waals surface area (Å²) in [6.45, 7) is 1.61. The van der Waals surface area contributed by atoms with Gasteiger partial charge in [0.2, 0.25) is 11.8 Å². The third-order valence-corrected chi connectivity index (χ3v) is 7.57. The number of anilines is 1. The molecule has 3 heterocycles. The zero-order valence-electron chi connectivity index (χ0n) is 19.4. The van der Waals surface area contributed by atoms with E-state index in [0.717, 1.165) is 16.0 Å². The molecule has 9 nitrogen and oxygen atoms in total. The smallest absolute Gasteiger partial charge is 0.269 e. The molecule has 0 radical (unpaired) electrons. The lowest BCUT2D eigenvalue weighted by Crippen LogP contribution is -2.44. The normalized spacial score (nSPS) is 23.6. The molecule has 0 saturated carbocycles. The highest BCUT2D eigenvalue weighted by Crippen LogP contribution is 2.53. The van der Waals surface area contributed by atoms with E-state index in [0.29, 0.717) is 16.1 Å². The van der Waals surface area contributed by atoms with Crippen LogP contribution in [0.2, 0.25) is 5.02 Å². The molecule has 3 aliphatic rings. The quantitative estimate of drug-likeness (QED) is 0.222. The van der Waals surface area contributed by atoms with Crippen LogP contribution in [0, 0.1) is 28.9 Å². The number of aryl methyl sites for hydroxylation is 1. The number of halogens is 1. The molecular formula is C27H19ClN4O5. The number of benzene rings is 3. The average molecular weight is 515 g/mol. The van der Waals surface area contributed by atoms with Gasteiger partial charge in [-0.2, -0.15) is 5.10 Å². The van der Waals surface area contributed by atoms with Gasteiger partial charge in [0, 0.05) is 22.7 Å². The number of hydrogen-bond donors (Lipinski definition) is 0. The molecule has 3 aromatic carbocycles. The Balaban J connectivity index is 1.49. The number of ketones is 1.